The Balaban J connectivity index is 2.09. The molecule has 0 aliphatic carbocycles. The zero-order chi connectivity index (χ0) is 27.9. The predicted molar refractivity (Wildman–Crippen MR) is 141 cm³/mol. The van der Waals surface area contributed by atoms with E-state index in [1.54, 1.807) is 36.4 Å². The Morgan fingerprint density at radius 1 is 0.868 bits per heavy atom. The molecule has 0 radical (unpaired) electrons. The Morgan fingerprint density at radius 3 is 2.03 bits per heavy atom. The molecule has 0 saturated carbocycles. The second kappa shape index (κ2) is 12.6. The molecule has 1 atom stereocenters. The Hall–Kier alpha value is -3.83. The number of nitrogens with zero attached hydrogens (tertiary/aromatic N) is 3. The van der Waals surface area contributed by atoms with Crippen molar-refractivity contribution in [1.82, 2.24) is 14.5 Å². The SMILES string of the molecule is CNC(=O)[C@@H](Cc1ccccc1)N(Cc1ccccc1F)C(=O)CN(c1ccccc1F)S(=O)(=O)N(C)C. The molecule has 11 heteroatoms. The number of carbonyl (C=O) groups is 2. The van der Waals surface area contributed by atoms with Crippen LogP contribution in [0.3, 0.4) is 0 Å². The van der Waals surface area contributed by atoms with Crippen molar-refractivity contribution < 1.29 is 26.8 Å². The molecule has 0 spiro atoms. The van der Waals surface area contributed by atoms with E-state index < -0.39 is 46.2 Å². The van der Waals surface area contributed by atoms with Gasteiger partial charge in [-0.25, -0.2) is 13.1 Å². The Morgan fingerprint density at radius 2 is 1.45 bits per heavy atom. The lowest BCUT2D eigenvalue weighted by Crippen LogP contribution is -2.54. The molecule has 0 aliphatic heterocycles. The number of hydrogen-bond acceptors (Lipinski definition) is 4. The van der Waals surface area contributed by atoms with Gasteiger partial charge in [0.05, 0.1) is 5.69 Å². The molecular formula is C27H30F2N4O4S. The number of halogens is 2. The van der Waals surface area contributed by atoms with Crippen LogP contribution in [0.15, 0.2) is 78.9 Å². The average Bonchev–Trinajstić information content (AvgIpc) is 2.90. The van der Waals surface area contributed by atoms with Crippen LogP contribution in [0.2, 0.25) is 0 Å². The average molecular weight is 545 g/mol. The highest BCUT2D eigenvalue weighted by Crippen LogP contribution is 2.24. The summed E-state index contributed by atoms with van der Waals surface area (Å²) in [4.78, 5) is 28.0. The summed E-state index contributed by atoms with van der Waals surface area (Å²) in [6.07, 6.45) is 0.0842. The number of rotatable bonds is 11. The van der Waals surface area contributed by atoms with Crippen molar-refractivity contribution in [1.29, 1.82) is 0 Å². The molecule has 38 heavy (non-hydrogen) atoms. The van der Waals surface area contributed by atoms with E-state index in [0.717, 1.165) is 20.8 Å². The molecule has 0 saturated heterocycles. The molecule has 3 rings (SSSR count). The summed E-state index contributed by atoms with van der Waals surface area (Å²) in [7, 11) is -0.404. The minimum absolute atomic E-state index is 0.0842. The third-order valence-corrected chi connectivity index (χ3v) is 7.76. The molecule has 0 unspecified atom stereocenters. The predicted octanol–water partition coefficient (Wildman–Crippen LogP) is 2.96. The Bertz CT molecular complexity index is 1370. The monoisotopic (exact) mass is 544 g/mol. The largest absolute Gasteiger partial charge is 0.357 e. The molecule has 3 aromatic rings. The molecule has 2 amide bonds. The van der Waals surface area contributed by atoms with Gasteiger partial charge in [-0.05, 0) is 23.8 Å². The first-order valence-corrected chi connectivity index (χ1v) is 13.2. The van der Waals surface area contributed by atoms with Crippen LogP contribution >= 0.6 is 0 Å². The molecule has 0 aliphatic rings. The summed E-state index contributed by atoms with van der Waals surface area (Å²) in [6.45, 7) is -1.14. The van der Waals surface area contributed by atoms with Gasteiger partial charge in [0, 0.05) is 39.7 Å². The molecule has 0 aromatic heterocycles. The lowest BCUT2D eigenvalue weighted by molar-refractivity contribution is -0.139. The van der Waals surface area contributed by atoms with Crippen LogP contribution < -0.4 is 9.62 Å². The first-order chi connectivity index (χ1) is 18.1. The van der Waals surface area contributed by atoms with E-state index in [9.17, 15) is 26.8 Å². The second-order valence-corrected chi connectivity index (χ2v) is 10.7. The van der Waals surface area contributed by atoms with Crippen LogP contribution in [0.4, 0.5) is 14.5 Å². The van der Waals surface area contributed by atoms with Crippen molar-refractivity contribution in [2.75, 3.05) is 32.0 Å². The number of benzene rings is 3. The van der Waals surface area contributed by atoms with E-state index in [1.165, 1.54) is 57.5 Å². The maximum Gasteiger partial charge on any atom is 0.304 e. The highest BCUT2D eigenvalue weighted by atomic mass is 32.2. The molecule has 202 valence electrons. The van der Waals surface area contributed by atoms with Crippen LogP contribution in [0.5, 0.6) is 0 Å². The summed E-state index contributed by atoms with van der Waals surface area (Å²) in [5.41, 5.74) is 0.537. The zero-order valence-electron chi connectivity index (χ0n) is 21.3. The molecule has 1 N–H and O–H groups in total. The summed E-state index contributed by atoms with van der Waals surface area (Å²) >= 11 is 0. The van der Waals surface area contributed by atoms with Crippen molar-refractivity contribution in [3.05, 3.63) is 102 Å². The Kier molecular flexibility index (Phi) is 9.54. The van der Waals surface area contributed by atoms with Crippen molar-refractivity contribution in [2.45, 2.75) is 19.0 Å². The van der Waals surface area contributed by atoms with Crippen LogP contribution in [0, 0.1) is 11.6 Å². The first-order valence-electron chi connectivity index (χ1n) is 11.8. The van der Waals surface area contributed by atoms with Crippen molar-refractivity contribution in [3.63, 3.8) is 0 Å². The maximum atomic E-state index is 14.8. The molecule has 3 aromatic carbocycles. The van der Waals surface area contributed by atoms with Crippen molar-refractivity contribution >= 4 is 27.7 Å². The minimum Gasteiger partial charge on any atom is -0.357 e. The smallest absolute Gasteiger partial charge is 0.304 e. The second-order valence-electron chi connectivity index (χ2n) is 8.68. The third kappa shape index (κ3) is 6.73. The van der Waals surface area contributed by atoms with E-state index in [4.69, 9.17) is 0 Å². The van der Waals surface area contributed by atoms with E-state index in [-0.39, 0.29) is 24.2 Å². The number of nitrogens with one attached hydrogen (secondary N) is 1. The summed E-state index contributed by atoms with van der Waals surface area (Å²) in [6, 6.07) is 18.8. The molecule has 0 bridgehead atoms. The zero-order valence-corrected chi connectivity index (χ0v) is 22.2. The van der Waals surface area contributed by atoms with Crippen LogP contribution in [-0.2, 0) is 32.8 Å². The highest BCUT2D eigenvalue weighted by Gasteiger charge is 2.35. The van der Waals surface area contributed by atoms with Crippen molar-refractivity contribution in [2.24, 2.45) is 0 Å². The minimum atomic E-state index is -4.33. The van der Waals surface area contributed by atoms with Gasteiger partial charge in [0.15, 0.2) is 0 Å². The quantitative estimate of drug-likeness (QED) is 0.402. The number of anilines is 1. The molecule has 8 nitrogen and oxygen atoms in total. The molecule has 0 fully saturated rings. The van der Waals surface area contributed by atoms with Gasteiger partial charge in [-0.2, -0.15) is 12.7 Å². The highest BCUT2D eigenvalue weighted by molar-refractivity contribution is 7.90. The van der Waals surface area contributed by atoms with Crippen LogP contribution in [0.1, 0.15) is 11.1 Å². The fraction of sp³-hybridized carbons (Fsp3) is 0.259. The van der Waals surface area contributed by atoms with Gasteiger partial charge in [0.25, 0.3) is 0 Å². The summed E-state index contributed by atoms with van der Waals surface area (Å²) < 4.78 is 57.3. The van der Waals surface area contributed by atoms with Gasteiger partial charge in [0.1, 0.15) is 24.2 Å². The maximum absolute atomic E-state index is 14.8. The van der Waals surface area contributed by atoms with Gasteiger partial charge >= 0.3 is 10.2 Å². The summed E-state index contributed by atoms with van der Waals surface area (Å²) in [5, 5.41) is 2.54. The summed E-state index contributed by atoms with van der Waals surface area (Å²) in [5.74, 6) is -2.77. The normalized spacial score (nSPS) is 12.2. The van der Waals surface area contributed by atoms with E-state index in [2.05, 4.69) is 5.32 Å². The Labute approximate surface area is 221 Å². The number of carbonyl (C=O) groups excluding carboxylic acids is 2. The van der Waals surface area contributed by atoms with Gasteiger partial charge in [-0.1, -0.05) is 60.7 Å². The van der Waals surface area contributed by atoms with Crippen molar-refractivity contribution in [3.8, 4) is 0 Å². The lowest BCUT2D eigenvalue weighted by atomic mass is 10.0. The standard InChI is InChI=1S/C27H30F2N4O4S/c1-30-27(35)25(17-20-11-5-4-6-12-20)32(18-21-13-7-8-14-22(21)28)26(34)19-33(38(36,37)31(2)3)24-16-10-9-15-23(24)29/h4-16,25H,17-19H2,1-3H3,(H,30,35)/t25-/m1/s1. The number of likely N-dealkylation sites (N-methyl/N-ethyl adjacent to an activating group) is 1. The fourth-order valence-electron chi connectivity index (χ4n) is 3.89. The van der Waals surface area contributed by atoms with Gasteiger partial charge < -0.3 is 10.2 Å². The molecule has 0 heterocycles. The topological polar surface area (TPSA) is 90.0 Å². The van der Waals surface area contributed by atoms with Gasteiger partial charge in [0.2, 0.25) is 11.8 Å². The van der Waals surface area contributed by atoms with Gasteiger partial charge in [-0.3, -0.25) is 9.59 Å². The fourth-order valence-corrected chi connectivity index (χ4v) is 4.95. The first kappa shape index (κ1) is 28.7. The van der Waals surface area contributed by atoms with E-state index in [0.29, 0.717) is 4.31 Å². The van der Waals surface area contributed by atoms with E-state index in [1.807, 2.05) is 0 Å². The number of para-hydroxylation sites is 1. The molecular weight excluding hydrogens is 514 g/mol. The third-order valence-electron chi connectivity index (χ3n) is 5.96. The van der Waals surface area contributed by atoms with Gasteiger partial charge in [-0.15, -0.1) is 0 Å². The number of amides is 2. The number of hydrogen-bond donors (Lipinski definition) is 1. The van der Waals surface area contributed by atoms with Crippen LogP contribution in [0.25, 0.3) is 0 Å². The lowest BCUT2D eigenvalue weighted by Gasteiger charge is -2.34. The van der Waals surface area contributed by atoms with Crippen LogP contribution in [-0.4, -0.2) is 63.2 Å². The van der Waals surface area contributed by atoms with E-state index >= 15 is 0 Å².